The van der Waals surface area contributed by atoms with Crippen molar-refractivity contribution in [3.8, 4) is 0 Å². The van der Waals surface area contributed by atoms with Gasteiger partial charge in [-0.05, 0) is 36.1 Å². The third-order valence-electron chi connectivity index (χ3n) is 5.87. The van der Waals surface area contributed by atoms with E-state index in [9.17, 15) is 9.59 Å². The second-order valence-electron chi connectivity index (χ2n) is 7.60. The number of rotatable bonds is 4. The van der Waals surface area contributed by atoms with E-state index >= 15 is 0 Å². The van der Waals surface area contributed by atoms with Crippen LogP contribution in [-0.4, -0.2) is 80.8 Å². The Hall–Kier alpha value is -2.32. The van der Waals surface area contributed by atoms with Crippen LogP contribution in [0.25, 0.3) is 0 Å². The van der Waals surface area contributed by atoms with Crippen LogP contribution < -0.4 is 10.6 Å². The Labute approximate surface area is 165 Å². The average molecular weight is 388 g/mol. The molecule has 8 heteroatoms. The third kappa shape index (κ3) is 4.23. The first-order valence-corrected chi connectivity index (χ1v) is 10.0. The maximum absolute atomic E-state index is 12.6. The van der Waals surface area contributed by atoms with Crippen LogP contribution in [0.3, 0.4) is 0 Å². The van der Waals surface area contributed by atoms with Gasteiger partial charge in [-0.3, -0.25) is 9.69 Å². The predicted octanol–water partition coefficient (Wildman–Crippen LogP) is 0.750. The number of ether oxygens (including phenoxy) is 2. The first-order valence-electron chi connectivity index (χ1n) is 10.0. The molecule has 152 valence electrons. The monoisotopic (exact) mass is 388 g/mol. The second-order valence-corrected chi connectivity index (χ2v) is 7.60. The maximum Gasteiger partial charge on any atom is 0.405 e. The number of aryl methyl sites for hydroxylation is 1. The first-order chi connectivity index (χ1) is 13.6. The summed E-state index contributed by atoms with van der Waals surface area (Å²) in [5.41, 5.74) is 8.59. The van der Waals surface area contributed by atoms with Crippen molar-refractivity contribution in [3.63, 3.8) is 0 Å². The largest absolute Gasteiger partial charge is 0.441 e. The predicted molar refractivity (Wildman–Crippen MR) is 104 cm³/mol. The highest BCUT2D eigenvalue weighted by Crippen LogP contribution is 2.36. The molecule has 1 atom stereocenters. The molecule has 2 fully saturated rings. The van der Waals surface area contributed by atoms with Crippen molar-refractivity contribution >= 4 is 17.7 Å². The van der Waals surface area contributed by atoms with E-state index in [1.165, 1.54) is 5.56 Å². The number of primary amides is 1. The zero-order chi connectivity index (χ0) is 19.5. The zero-order valence-electron chi connectivity index (χ0n) is 16.1. The quantitative estimate of drug-likeness (QED) is 0.819. The second kappa shape index (κ2) is 8.36. The van der Waals surface area contributed by atoms with Gasteiger partial charge < -0.3 is 25.0 Å². The number of amides is 2. The van der Waals surface area contributed by atoms with E-state index in [1.807, 2.05) is 4.90 Å². The van der Waals surface area contributed by atoms with Gasteiger partial charge in [-0.25, -0.2) is 4.79 Å². The van der Waals surface area contributed by atoms with Gasteiger partial charge in [0.1, 0.15) is 6.10 Å². The molecule has 2 amide bonds. The lowest BCUT2D eigenvalue weighted by Gasteiger charge is -2.37. The molecular weight excluding hydrogens is 360 g/mol. The van der Waals surface area contributed by atoms with E-state index in [0.717, 1.165) is 63.4 Å². The molecule has 0 aromatic heterocycles. The fourth-order valence-corrected chi connectivity index (χ4v) is 4.28. The molecule has 0 radical (unpaired) electrons. The molecule has 8 nitrogen and oxygen atoms in total. The number of anilines is 1. The molecule has 1 unspecified atom stereocenters. The average Bonchev–Trinajstić information content (AvgIpc) is 3.10. The van der Waals surface area contributed by atoms with E-state index in [2.05, 4.69) is 28.0 Å². The first kappa shape index (κ1) is 19.0. The highest BCUT2D eigenvalue weighted by Gasteiger charge is 2.28. The topological polar surface area (TPSA) is 88.3 Å². The minimum absolute atomic E-state index is 0.199. The molecule has 2 aliphatic heterocycles. The molecule has 0 bridgehead atoms. The van der Waals surface area contributed by atoms with E-state index in [1.54, 1.807) is 0 Å². The van der Waals surface area contributed by atoms with Crippen molar-refractivity contribution < 1.29 is 19.1 Å². The zero-order valence-corrected chi connectivity index (χ0v) is 16.1. The van der Waals surface area contributed by atoms with Crippen molar-refractivity contribution in [2.75, 3.05) is 63.9 Å². The summed E-state index contributed by atoms with van der Waals surface area (Å²) in [7, 11) is 0. The number of piperazine rings is 1. The normalized spacial score (nSPS) is 22.8. The van der Waals surface area contributed by atoms with Crippen LogP contribution >= 0.6 is 0 Å². The fourth-order valence-electron chi connectivity index (χ4n) is 4.28. The van der Waals surface area contributed by atoms with Gasteiger partial charge in [0.2, 0.25) is 5.91 Å². The molecule has 2 N–H and O–H groups in total. The molecule has 0 spiro atoms. The fraction of sp³-hybridized carbons (Fsp3) is 0.600. The van der Waals surface area contributed by atoms with Crippen molar-refractivity contribution in [1.29, 1.82) is 0 Å². The van der Waals surface area contributed by atoms with E-state index in [0.29, 0.717) is 19.8 Å². The smallest absolute Gasteiger partial charge is 0.405 e. The Balaban J connectivity index is 1.34. The molecule has 1 aromatic carbocycles. The number of hydrogen-bond donors (Lipinski definition) is 1. The number of carbonyl (C=O) groups is 2. The minimum atomic E-state index is -0.726. The van der Waals surface area contributed by atoms with Gasteiger partial charge >= 0.3 is 6.09 Å². The summed E-state index contributed by atoms with van der Waals surface area (Å²) in [4.78, 5) is 30.1. The number of nitrogens with two attached hydrogens (primary N) is 1. The van der Waals surface area contributed by atoms with Crippen LogP contribution in [0.5, 0.6) is 0 Å². The number of fused-ring (bicyclic) bond motifs is 1. The Kier molecular flexibility index (Phi) is 5.68. The van der Waals surface area contributed by atoms with Gasteiger partial charge in [0.05, 0.1) is 19.8 Å². The van der Waals surface area contributed by atoms with E-state index < -0.39 is 6.09 Å². The Morgan fingerprint density at radius 2 is 1.86 bits per heavy atom. The Morgan fingerprint density at radius 1 is 1.11 bits per heavy atom. The minimum Gasteiger partial charge on any atom is -0.441 e. The number of benzene rings is 1. The molecular formula is C20H28N4O4. The highest BCUT2D eigenvalue weighted by molar-refractivity contribution is 5.78. The summed E-state index contributed by atoms with van der Waals surface area (Å²) in [6.45, 7) is 6.60. The summed E-state index contributed by atoms with van der Waals surface area (Å²) < 4.78 is 10.6. The van der Waals surface area contributed by atoms with Crippen molar-refractivity contribution in [2.45, 2.75) is 18.9 Å². The number of carbonyl (C=O) groups excluding carboxylic acids is 2. The molecule has 0 saturated carbocycles. The molecule has 2 heterocycles. The summed E-state index contributed by atoms with van der Waals surface area (Å²) in [6.07, 6.45) is 0.711. The summed E-state index contributed by atoms with van der Waals surface area (Å²) in [6, 6.07) is 6.35. The summed E-state index contributed by atoms with van der Waals surface area (Å²) in [5, 5.41) is 0. The van der Waals surface area contributed by atoms with Crippen molar-refractivity contribution in [1.82, 2.24) is 9.80 Å². The molecule has 4 rings (SSSR count). The van der Waals surface area contributed by atoms with Crippen LogP contribution in [0.2, 0.25) is 0 Å². The number of hydrogen-bond acceptors (Lipinski definition) is 6. The third-order valence-corrected chi connectivity index (χ3v) is 5.87. The molecule has 1 aromatic rings. The lowest BCUT2D eigenvalue weighted by atomic mass is 10.1. The summed E-state index contributed by atoms with van der Waals surface area (Å²) >= 11 is 0. The van der Waals surface area contributed by atoms with Gasteiger partial charge in [-0.2, -0.15) is 0 Å². The van der Waals surface area contributed by atoms with Crippen LogP contribution in [-0.2, 0) is 20.7 Å². The van der Waals surface area contributed by atoms with Gasteiger partial charge in [0.25, 0.3) is 0 Å². The molecule has 3 aliphatic rings. The number of morpholine rings is 1. The number of nitrogens with zero attached hydrogens (tertiary/aromatic N) is 3. The molecule has 2 saturated heterocycles. The van der Waals surface area contributed by atoms with Crippen LogP contribution in [0.1, 0.15) is 23.7 Å². The lowest BCUT2D eigenvalue weighted by Crippen LogP contribution is -2.52. The molecule has 28 heavy (non-hydrogen) atoms. The van der Waals surface area contributed by atoms with Crippen LogP contribution in [0.4, 0.5) is 10.5 Å². The van der Waals surface area contributed by atoms with Gasteiger partial charge in [-0.15, -0.1) is 0 Å². The van der Waals surface area contributed by atoms with Gasteiger partial charge in [-0.1, -0.05) is 6.07 Å². The Bertz CT molecular complexity index is 727. The SMILES string of the molecule is NC(=O)OC1CCc2ccc(N3CCN(C(=O)CN4CCOCC4)CC3)cc21. The van der Waals surface area contributed by atoms with Crippen molar-refractivity contribution in [3.05, 3.63) is 29.3 Å². The van der Waals surface area contributed by atoms with E-state index in [4.69, 9.17) is 15.2 Å². The van der Waals surface area contributed by atoms with Gasteiger partial charge in [0, 0.05) is 45.0 Å². The van der Waals surface area contributed by atoms with Crippen molar-refractivity contribution in [2.24, 2.45) is 5.73 Å². The molecule has 1 aliphatic carbocycles. The van der Waals surface area contributed by atoms with E-state index in [-0.39, 0.29) is 12.0 Å². The van der Waals surface area contributed by atoms with Crippen LogP contribution in [0.15, 0.2) is 18.2 Å². The standard InChI is InChI=1S/C20H28N4O4/c21-20(26)28-18-4-2-15-1-3-16(13-17(15)18)23-5-7-24(8-6-23)19(25)14-22-9-11-27-12-10-22/h1,3,13,18H,2,4-12,14H2,(H2,21,26). The maximum atomic E-state index is 12.6. The summed E-state index contributed by atoms with van der Waals surface area (Å²) in [5.74, 6) is 0.199. The lowest BCUT2D eigenvalue weighted by molar-refractivity contribution is -0.133. The highest BCUT2D eigenvalue weighted by atomic mass is 16.6. The Morgan fingerprint density at radius 3 is 2.57 bits per heavy atom. The van der Waals surface area contributed by atoms with Gasteiger partial charge in [0.15, 0.2) is 0 Å². The van der Waals surface area contributed by atoms with Crippen LogP contribution in [0, 0.1) is 0 Å².